The van der Waals surface area contributed by atoms with Crippen molar-refractivity contribution in [2.24, 2.45) is 5.16 Å². The molecule has 15 nitrogen and oxygen atoms in total. The third kappa shape index (κ3) is 5.41. The first-order valence-electron chi connectivity index (χ1n) is 10.5. The Balaban J connectivity index is 1.55. The minimum Gasteiger partial charge on any atom is -0.543 e. The van der Waals surface area contributed by atoms with Gasteiger partial charge in [0.15, 0.2) is 29.0 Å². The number of carboxylic acid groups (broad SMARTS) is 1. The number of carbonyl (C=O) groups excluding carboxylic acids is 3. The van der Waals surface area contributed by atoms with Gasteiger partial charge in [0.05, 0.1) is 11.7 Å². The van der Waals surface area contributed by atoms with Crippen LogP contribution in [-0.2, 0) is 35.9 Å². The van der Waals surface area contributed by atoms with Crippen LogP contribution in [-0.4, -0.2) is 74.5 Å². The number of thioether (sulfide) groups is 1. The van der Waals surface area contributed by atoms with E-state index in [0.29, 0.717) is 0 Å². The summed E-state index contributed by atoms with van der Waals surface area (Å²) in [5, 5.41) is 17.6. The molecule has 0 spiro atoms. The predicted octanol–water partition coefficient (Wildman–Crippen LogP) is -2.50. The van der Waals surface area contributed by atoms with E-state index < -0.39 is 39.3 Å². The zero-order chi connectivity index (χ0) is 26.9. The SMILES string of the molecule is CCON=C(C(=O)NC1C(=O)N2C(C(=O)[O-])=C(C[n+]3cccc(S(=O)(=O)O)c3)CS[C@H]12)c1nsc(N)n1. The molecule has 4 heterocycles. The number of anilines is 1. The van der Waals surface area contributed by atoms with Gasteiger partial charge in [-0.05, 0) is 13.0 Å². The number of pyridine rings is 1. The summed E-state index contributed by atoms with van der Waals surface area (Å²) in [7, 11) is -4.47. The highest BCUT2D eigenvalue weighted by molar-refractivity contribution is 8.00. The van der Waals surface area contributed by atoms with Gasteiger partial charge in [0.1, 0.15) is 18.0 Å². The number of carbonyl (C=O) groups is 3. The molecule has 37 heavy (non-hydrogen) atoms. The number of rotatable bonds is 9. The van der Waals surface area contributed by atoms with Crippen LogP contribution in [0, 0.1) is 0 Å². The monoisotopic (exact) mass is 569 g/mol. The molecule has 4 rings (SSSR count). The molecule has 2 atom stereocenters. The molecule has 1 saturated heterocycles. The average Bonchev–Trinajstić information content (AvgIpc) is 3.27. The van der Waals surface area contributed by atoms with Gasteiger partial charge >= 0.3 is 0 Å². The lowest BCUT2D eigenvalue weighted by atomic mass is 10.0. The molecule has 1 unspecified atom stereocenters. The second-order valence-electron chi connectivity index (χ2n) is 7.60. The second-order valence-corrected chi connectivity index (χ2v) is 10.9. The van der Waals surface area contributed by atoms with Crippen LogP contribution in [0.25, 0.3) is 0 Å². The van der Waals surface area contributed by atoms with Crippen LogP contribution in [0.2, 0.25) is 0 Å². The number of β-lactam (4-membered cyclic amide) rings is 1. The van der Waals surface area contributed by atoms with Gasteiger partial charge in [-0.1, -0.05) is 5.16 Å². The van der Waals surface area contributed by atoms with Gasteiger partial charge in [-0.3, -0.25) is 19.0 Å². The Morgan fingerprint density at radius 1 is 1.46 bits per heavy atom. The quantitative estimate of drug-likeness (QED) is 0.0937. The highest BCUT2D eigenvalue weighted by Gasteiger charge is 2.53. The molecule has 0 bridgehead atoms. The maximum absolute atomic E-state index is 12.9. The van der Waals surface area contributed by atoms with Crippen molar-refractivity contribution in [2.45, 2.75) is 29.8 Å². The standard InChI is InChI=1S/C19H19N7O8S3/c1-2-34-23-11(14-22-19(20)36-24-14)15(27)21-12-16(28)26-13(18(29)30)9(8-35-17(12)26)6-25-5-3-4-10(7-25)37(31,32)33/h3-5,7,12,17H,2,6,8H2,1H3,(H4-,20,21,22,24,27,29,30,31,32,33)/t12?,17-/m1/s1. The second kappa shape index (κ2) is 10.4. The lowest BCUT2D eigenvalue weighted by Crippen LogP contribution is -2.71. The number of hydrogen-bond donors (Lipinski definition) is 3. The van der Waals surface area contributed by atoms with Crippen molar-refractivity contribution >= 4 is 62.0 Å². The van der Waals surface area contributed by atoms with Gasteiger partial charge in [0.25, 0.3) is 21.9 Å². The molecule has 18 heteroatoms. The van der Waals surface area contributed by atoms with Crippen molar-refractivity contribution in [1.29, 1.82) is 0 Å². The van der Waals surface area contributed by atoms with Crippen LogP contribution in [0.1, 0.15) is 12.7 Å². The summed E-state index contributed by atoms with van der Waals surface area (Å²) in [6.07, 6.45) is 2.61. The summed E-state index contributed by atoms with van der Waals surface area (Å²) in [6.45, 7) is 1.71. The normalized spacial score (nSPS) is 19.8. The predicted molar refractivity (Wildman–Crippen MR) is 126 cm³/mol. The Morgan fingerprint density at radius 3 is 2.84 bits per heavy atom. The number of fused-ring (bicyclic) bond motifs is 1. The molecule has 2 aliphatic heterocycles. The van der Waals surface area contributed by atoms with Crippen LogP contribution in [0.3, 0.4) is 0 Å². The van der Waals surface area contributed by atoms with E-state index >= 15 is 0 Å². The molecule has 1 fully saturated rings. The maximum Gasteiger partial charge on any atom is 0.300 e. The molecule has 2 aromatic rings. The molecule has 0 saturated carbocycles. The Morgan fingerprint density at radius 2 is 2.22 bits per heavy atom. The van der Waals surface area contributed by atoms with Crippen molar-refractivity contribution in [2.75, 3.05) is 18.1 Å². The smallest absolute Gasteiger partial charge is 0.300 e. The summed E-state index contributed by atoms with van der Waals surface area (Å²) in [6, 6.07) is 1.47. The van der Waals surface area contributed by atoms with Gasteiger partial charge in [0, 0.05) is 28.9 Å². The molecular weight excluding hydrogens is 550 g/mol. The Kier molecular flexibility index (Phi) is 7.44. The molecule has 196 valence electrons. The number of nitrogens with two attached hydrogens (primary N) is 1. The third-order valence-corrected chi connectivity index (χ3v) is 7.90. The maximum atomic E-state index is 12.9. The first kappa shape index (κ1) is 26.5. The minimum atomic E-state index is -4.47. The molecule has 4 N–H and O–H groups in total. The number of nitrogens with one attached hydrogen (secondary N) is 1. The van der Waals surface area contributed by atoms with Gasteiger partial charge in [-0.2, -0.15) is 22.3 Å². The summed E-state index contributed by atoms with van der Waals surface area (Å²) in [5.41, 5.74) is 5.18. The van der Waals surface area contributed by atoms with E-state index in [2.05, 4.69) is 19.8 Å². The van der Waals surface area contributed by atoms with Crippen molar-refractivity contribution in [3.63, 3.8) is 0 Å². The fraction of sp³-hybridized carbons (Fsp3) is 0.316. The number of amides is 2. The average molecular weight is 570 g/mol. The van der Waals surface area contributed by atoms with Crippen LogP contribution in [0.15, 0.2) is 45.8 Å². The molecule has 0 aliphatic carbocycles. The molecular formula is C19H19N7O8S3. The van der Waals surface area contributed by atoms with Gasteiger partial charge in [-0.15, -0.1) is 11.8 Å². The van der Waals surface area contributed by atoms with Gasteiger partial charge in [-0.25, -0.2) is 0 Å². The number of aromatic nitrogens is 3. The summed E-state index contributed by atoms with van der Waals surface area (Å²) in [5.74, 6) is -3.06. The lowest BCUT2D eigenvalue weighted by molar-refractivity contribution is -0.690. The zero-order valence-electron chi connectivity index (χ0n) is 18.9. The van der Waals surface area contributed by atoms with Crippen LogP contribution < -0.4 is 20.7 Å². The number of nitrogens with zero attached hydrogens (tertiary/aromatic N) is 5. The first-order valence-corrected chi connectivity index (χ1v) is 13.7. The number of nitrogen functional groups attached to an aromatic ring is 1. The zero-order valence-corrected chi connectivity index (χ0v) is 21.4. The number of oxime groups is 1. The van der Waals surface area contributed by atoms with E-state index in [-0.39, 0.29) is 51.7 Å². The third-order valence-electron chi connectivity index (χ3n) is 5.18. The molecule has 2 amide bonds. The largest absolute Gasteiger partial charge is 0.543 e. The number of aliphatic carboxylic acids is 1. The Bertz CT molecular complexity index is 1440. The lowest BCUT2D eigenvalue weighted by Gasteiger charge is -2.50. The topological polar surface area (TPSA) is 221 Å². The summed E-state index contributed by atoms with van der Waals surface area (Å²) in [4.78, 5) is 47.3. The van der Waals surface area contributed by atoms with Crippen molar-refractivity contribution in [3.05, 3.63) is 41.6 Å². The van der Waals surface area contributed by atoms with Crippen molar-refractivity contribution in [3.8, 4) is 0 Å². The summed E-state index contributed by atoms with van der Waals surface area (Å²) >= 11 is 2.04. The van der Waals surface area contributed by atoms with Crippen LogP contribution in [0.5, 0.6) is 0 Å². The highest BCUT2D eigenvalue weighted by Crippen LogP contribution is 2.40. The van der Waals surface area contributed by atoms with Crippen molar-refractivity contribution < 1.29 is 41.9 Å². The fourth-order valence-electron chi connectivity index (χ4n) is 3.62. The van der Waals surface area contributed by atoms with Crippen molar-refractivity contribution in [1.82, 2.24) is 19.6 Å². The van der Waals surface area contributed by atoms with E-state index in [1.165, 1.54) is 34.7 Å². The molecule has 0 radical (unpaired) electrons. The van der Waals surface area contributed by atoms with E-state index in [1.54, 1.807) is 6.92 Å². The van der Waals surface area contributed by atoms with E-state index in [1.807, 2.05) is 0 Å². The molecule has 2 aliphatic rings. The van der Waals surface area contributed by atoms with Gasteiger partial charge < -0.3 is 25.8 Å². The van der Waals surface area contributed by atoms with E-state index in [4.69, 9.17) is 10.6 Å². The molecule has 2 aromatic heterocycles. The molecule has 0 aromatic carbocycles. The van der Waals surface area contributed by atoms with Crippen LogP contribution >= 0.6 is 23.3 Å². The van der Waals surface area contributed by atoms with E-state index in [0.717, 1.165) is 22.6 Å². The van der Waals surface area contributed by atoms with Crippen LogP contribution in [0.4, 0.5) is 5.13 Å². The van der Waals surface area contributed by atoms with E-state index in [9.17, 15) is 32.5 Å². The number of carboxylic acids is 1. The highest BCUT2D eigenvalue weighted by atomic mass is 32.2. The Labute approximate surface area is 217 Å². The van der Waals surface area contributed by atoms with Gasteiger partial charge in [0.2, 0.25) is 11.5 Å². The first-order chi connectivity index (χ1) is 17.5. The fourth-order valence-corrected chi connectivity index (χ4v) is 5.91. The summed E-state index contributed by atoms with van der Waals surface area (Å²) < 4.78 is 37.4. The minimum absolute atomic E-state index is 0.0878. The Hall–Kier alpha value is -3.61. The number of hydrogen-bond acceptors (Lipinski definition) is 13.